The third-order valence-electron chi connectivity index (χ3n) is 6.41. The lowest BCUT2D eigenvalue weighted by Crippen LogP contribution is -2.31. The Bertz CT molecular complexity index is 1370. The van der Waals surface area contributed by atoms with Crippen LogP contribution in [0.5, 0.6) is 5.75 Å². The molecule has 0 unspecified atom stereocenters. The molecule has 0 bridgehead atoms. The van der Waals surface area contributed by atoms with Crippen molar-refractivity contribution in [3.63, 3.8) is 0 Å². The van der Waals surface area contributed by atoms with E-state index in [1.165, 1.54) is 4.31 Å². The second kappa shape index (κ2) is 10.6. The van der Waals surface area contributed by atoms with E-state index >= 15 is 0 Å². The maximum absolute atomic E-state index is 14.0. The molecule has 3 aromatic carbocycles. The van der Waals surface area contributed by atoms with Crippen LogP contribution in [0.3, 0.4) is 0 Å². The minimum absolute atomic E-state index is 0.00464. The maximum atomic E-state index is 14.0. The van der Waals surface area contributed by atoms with Gasteiger partial charge in [0.2, 0.25) is 5.91 Å². The fourth-order valence-corrected chi connectivity index (χ4v) is 6.65. The summed E-state index contributed by atoms with van der Waals surface area (Å²) in [5.41, 5.74) is 4.36. The molecule has 188 valence electrons. The molecule has 1 fully saturated rings. The number of likely N-dealkylation sites (tertiary alicyclic amines) is 1. The van der Waals surface area contributed by atoms with Gasteiger partial charge in [-0.1, -0.05) is 42.0 Å². The second-order valence-electron chi connectivity index (χ2n) is 9.37. The highest BCUT2D eigenvalue weighted by Gasteiger charge is 2.29. The van der Waals surface area contributed by atoms with Crippen molar-refractivity contribution in [2.24, 2.45) is 0 Å². The van der Waals surface area contributed by atoms with Crippen LogP contribution < -0.4 is 4.31 Å². The molecule has 0 spiro atoms. The Morgan fingerprint density at radius 1 is 0.972 bits per heavy atom. The monoisotopic (exact) mass is 504 g/mol. The van der Waals surface area contributed by atoms with Crippen LogP contribution in [0.1, 0.15) is 40.7 Å². The van der Waals surface area contributed by atoms with Gasteiger partial charge in [0, 0.05) is 19.2 Å². The van der Waals surface area contributed by atoms with Crippen molar-refractivity contribution < 1.29 is 18.3 Å². The van der Waals surface area contributed by atoms with Crippen molar-refractivity contribution in [1.82, 2.24) is 4.90 Å². The van der Waals surface area contributed by atoms with Gasteiger partial charge in [-0.05, 0) is 86.2 Å². The van der Waals surface area contributed by atoms with Gasteiger partial charge in [0.05, 0.1) is 17.1 Å². The van der Waals surface area contributed by atoms with Crippen molar-refractivity contribution in [3.8, 4) is 5.75 Å². The third-order valence-corrected chi connectivity index (χ3v) is 8.49. The summed E-state index contributed by atoms with van der Waals surface area (Å²) in [7, 11) is -3.92. The number of sulfonamides is 1. The lowest BCUT2D eigenvalue weighted by molar-refractivity contribution is -0.124. The summed E-state index contributed by atoms with van der Waals surface area (Å²) in [6.07, 6.45) is 5.41. The number of amides is 1. The Hall–Kier alpha value is -3.58. The van der Waals surface area contributed by atoms with Crippen molar-refractivity contribution in [1.29, 1.82) is 0 Å². The molecule has 1 aliphatic heterocycles. The number of phenolic OH excluding ortho intramolecular Hbond substituents is 1. The van der Waals surface area contributed by atoms with E-state index in [1.54, 1.807) is 48.6 Å². The Labute approximate surface area is 213 Å². The summed E-state index contributed by atoms with van der Waals surface area (Å²) in [5, 5.41) is 9.95. The summed E-state index contributed by atoms with van der Waals surface area (Å²) >= 11 is 0. The molecule has 6 nitrogen and oxygen atoms in total. The fourth-order valence-electron chi connectivity index (χ4n) is 4.78. The molecule has 1 amide bonds. The minimum Gasteiger partial charge on any atom is -0.508 e. The molecule has 0 saturated carbocycles. The summed E-state index contributed by atoms with van der Waals surface area (Å²) in [5.74, 6) is 0.0747. The van der Waals surface area contributed by atoms with Gasteiger partial charge in [0.25, 0.3) is 10.0 Å². The molecular weight excluding hydrogens is 472 g/mol. The molecule has 1 heterocycles. The molecule has 1 saturated heterocycles. The fraction of sp³-hybridized carbons (Fsp3) is 0.276. The molecule has 0 aromatic heterocycles. The summed E-state index contributed by atoms with van der Waals surface area (Å²) in [6.45, 7) is 7.22. The Balaban J connectivity index is 1.69. The average Bonchev–Trinajstić information content (AvgIpc) is 3.36. The number of rotatable bonds is 7. The summed E-state index contributed by atoms with van der Waals surface area (Å²) in [4.78, 5) is 14.5. The molecule has 1 N–H and O–H groups in total. The number of phenols is 1. The number of nitrogens with zero attached hydrogens (tertiary/aromatic N) is 2. The highest BCUT2D eigenvalue weighted by atomic mass is 32.2. The number of carbonyl (C=O) groups is 1. The molecule has 0 aliphatic carbocycles. The van der Waals surface area contributed by atoms with Gasteiger partial charge < -0.3 is 10.0 Å². The number of aryl methyl sites for hydroxylation is 3. The zero-order valence-electron chi connectivity index (χ0n) is 20.9. The van der Waals surface area contributed by atoms with Crippen molar-refractivity contribution in [2.75, 3.05) is 17.4 Å². The third kappa shape index (κ3) is 5.62. The predicted molar refractivity (Wildman–Crippen MR) is 143 cm³/mol. The van der Waals surface area contributed by atoms with E-state index in [0.717, 1.165) is 37.1 Å². The number of aromatic hydroxyl groups is 1. The molecule has 0 radical (unpaired) electrons. The van der Waals surface area contributed by atoms with Crippen molar-refractivity contribution >= 4 is 27.7 Å². The zero-order chi connectivity index (χ0) is 25.9. The molecule has 4 rings (SSSR count). The zero-order valence-corrected chi connectivity index (χ0v) is 21.8. The van der Waals surface area contributed by atoms with E-state index in [0.29, 0.717) is 22.4 Å². The second-order valence-corrected chi connectivity index (χ2v) is 11.2. The van der Waals surface area contributed by atoms with Gasteiger partial charge >= 0.3 is 0 Å². The van der Waals surface area contributed by atoms with Gasteiger partial charge in [0.15, 0.2) is 0 Å². The average molecular weight is 505 g/mol. The minimum atomic E-state index is -3.92. The van der Waals surface area contributed by atoms with Crippen molar-refractivity contribution in [3.05, 3.63) is 94.6 Å². The first-order chi connectivity index (χ1) is 17.1. The predicted octanol–water partition coefficient (Wildman–Crippen LogP) is 5.35. The molecule has 0 atom stereocenters. The maximum Gasteiger partial charge on any atom is 0.265 e. The number of anilines is 1. The SMILES string of the molecule is Cc1cc(C)c(S(=O)(=O)N(Cc2cccc(O)c2)c2ccc(C=CC(=O)N3CCCC3)cc2)c(C)c1. The first-order valence-electron chi connectivity index (χ1n) is 12.1. The number of benzene rings is 3. The molecule has 36 heavy (non-hydrogen) atoms. The van der Waals surface area contributed by atoms with Gasteiger partial charge in [-0.3, -0.25) is 9.10 Å². The lowest BCUT2D eigenvalue weighted by Gasteiger charge is -2.27. The quantitative estimate of drug-likeness (QED) is 0.440. The molecule has 7 heteroatoms. The topological polar surface area (TPSA) is 77.9 Å². The number of hydrogen-bond acceptors (Lipinski definition) is 4. The molecule has 1 aliphatic rings. The van der Waals surface area contributed by atoms with Crippen molar-refractivity contribution in [2.45, 2.75) is 45.1 Å². The van der Waals surface area contributed by atoms with E-state index < -0.39 is 10.0 Å². The van der Waals surface area contributed by atoms with E-state index in [9.17, 15) is 18.3 Å². The van der Waals surface area contributed by atoms with Crippen LogP contribution in [0, 0.1) is 20.8 Å². The van der Waals surface area contributed by atoms with Gasteiger partial charge in [0.1, 0.15) is 5.75 Å². The van der Waals surface area contributed by atoms with Gasteiger partial charge in [-0.2, -0.15) is 0 Å². The summed E-state index contributed by atoms with van der Waals surface area (Å²) in [6, 6.07) is 17.5. The van der Waals surface area contributed by atoms with Crippen LogP contribution in [-0.4, -0.2) is 37.4 Å². The Morgan fingerprint density at radius 3 is 2.22 bits per heavy atom. The first kappa shape index (κ1) is 25.5. The van der Waals surface area contributed by atoms with Crippen LogP contribution in [0.15, 0.2) is 71.6 Å². The number of carbonyl (C=O) groups excluding carboxylic acids is 1. The van der Waals surface area contributed by atoms with E-state index in [4.69, 9.17) is 0 Å². The van der Waals surface area contributed by atoms with Gasteiger partial charge in [-0.15, -0.1) is 0 Å². The van der Waals surface area contributed by atoms with E-state index in [2.05, 4.69) is 0 Å². The number of hydrogen-bond donors (Lipinski definition) is 1. The Morgan fingerprint density at radius 2 is 1.61 bits per heavy atom. The van der Waals surface area contributed by atoms with Gasteiger partial charge in [-0.25, -0.2) is 8.42 Å². The van der Waals surface area contributed by atoms with E-state index in [1.807, 2.05) is 49.9 Å². The van der Waals surface area contributed by atoms with Crippen LogP contribution >= 0.6 is 0 Å². The van der Waals surface area contributed by atoms with E-state index in [-0.39, 0.29) is 23.1 Å². The standard InChI is InChI=1S/C29H32N2O4S/c1-21-17-22(2)29(23(3)18-21)36(34,35)31(20-25-7-6-8-27(32)19-25)26-12-9-24(10-13-26)11-14-28(33)30-15-4-5-16-30/h6-14,17-19,32H,4-5,15-16,20H2,1-3H3. The highest BCUT2D eigenvalue weighted by Crippen LogP contribution is 2.31. The van der Waals surface area contributed by atoms with Crippen LogP contribution in [0.4, 0.5) is 5.69 Å². The Kier molecular flexibility index (Phi) is 7.50. The molecular formula is C29H32N2O4S. The smallest absolute Gasteiger partial charge is 0.265 e. The van der Waals surface area contributed by atoms with Crippen LogP contribution in [-0.2, 0) is 21.4 Å². The molecule has 3 aromatic rings. The summed E-state index contributed by atoms with van der Waals surface area (Å²) < 4.78 is 29.4. The lowest BCUT2D eigenvalue weighted by atomic mass is 10.1. The normalized spacial score (nSPS) is 13.9. The largest absolute Gasteiger partial charge is 0.508 e. The highest BCUT2D eigenvalue weighted by molar-refractivity contribution is 7.92. The van der Waals surface area contributed by atoms with Crippen LogP contribution in [0.25, 0.3) is 6.08 Å². The first-order valence-corrected chi connectivity index (χ1v) is 13.5. The van der Waals surface area contributed by atoms with Crippen LogP contribution in [0.2, 0.25) is 0 Å².